The van der Waals surface area contributed by atoms with Crippen molar-refractivity contribution in [2.75, 3.05) is 13.1 Å². The van der Waals surface area contributed by atoms with E-state index in [9.17, 15) is 0 Å². The van der Waals surface area contributed by atoms with E-state index in [2.05, 4.69) is 10.00 Å². The zero-order valence-electron chi connectivity index (χ0n) is 9.38. The van der Waals surface area contributed by atoms with Gasteiger partial charge in [-0.15, -0.1) is 0 Å². The highest BCUT2D eigenvalue weighted by molar-refractivity contribution is 7.80. The molecule has 1 unspecified atom stereocenters. The Hall–Kier alpha value is -0.940. The Morgan fingerprint density at radius 2 is 2.31 bits per heavy atom. The molecule has 1 saturated heterocycles. The first-order chi connectivity index (χ1) is 7.77. The van der Waals surface area contributed by atoms with Gasteiger partial charge in [-0.1, -0.05) is 18.6 Å². The lowest BCUT2D eigenvalue weighted by atomic mass is 10.0. The predicted molar refractivity (Wildman–Crippen MR) is 68.2 cm³/mol. The first-order valence-corrected chi connectivity index (χ1v) is 6.19. The van der Waals surface area contributed by atoms with E-state index in [0.29, 0.717) is 11.0 Å². The Morgan fingerprint density at radius 3 is 3.00 bits per heavy atom. The fraction of sp³-hybridized carbons (Fsp3) is 0.636. The predicted octanol–water partition coefficient (Wildman–Crippen LogP) is 1.02. The number of hydrogen-bond acceptors (Lipinski definition) is 3. The topological polar surface area (TPSA) is 47.1 Å². The van der Waals surface area contributed by atoms with Gasteiger partial charge in [0.05, 0.1) is 17.6 Å². The van der Waals surface area contributed by atoms with Crippen molar-refractivity contribution in [1.82, 2.24) is 14.7 Å². The summed E-state index contributed by atoms with van der Waals surface area (Å²) in [5.41, 5.74) is 5.77. The lowest BCUT2D eigenvalue weighted by Gasteiger charge is -2.34. The van der Waals surface area contributed by atoms with E-state index in [4.69, 9.17) is 18.0 Å². The quantitative estimate of drug-likeness (QED) is 0.796. The van der Waals surface area contributed by atoms with Gasteiger partial charge in [0, 0.05) is 18.9 Å². The molecule has 0 aromatic carbocycles. The molecular formula is C11H18N4S. The molecule has 5 heteroatoms. The van der Waals surface area contributed by atoms with Gasteiger partial charge < -0.3 is 5.73 Å². The zero-order chi connectivity index (χ0) is 11.4. The van der Waals surface area contributed by atoms with Crippen molar-refractivity contribution in [3.8, 4) is 0 Å². The molecule has 0 radical (unpaired) electrons. The number of nitrogens with zero attached hydrogens (tertiary/aromatic N) is 3. The minimum atomic E-state index is 0.291. The molecule has 16 heavy (non-hydrogen) atoms. The average Bonchev–Trinajstić information content (AvgIpc) is 2.79. The number of rotatable bonds is 4. The van der Waals surface area contributed by atoms with E-state index in [-0.39, 0.29) is 0 Å². The zero-order valence-corrected chi connectivity index (χ0v) is 10.2. The summed E-state index contributed by atoms with van der Waals surface area (Å²) in [7, 11) is 0. The minimum Gasteiger partial charge on any atom is -0.392 e. The van der Waals surface area contributed by atoms with Gasteiger partial charge in [-0.3, -0.25) is 9.58 Å². The van der Waals surface area contributed by atoms with Crippen molar-refractivity contribution >= 4 is 17.2 Å². The summed E-state index contributed by atoms with van der Waals surface area (Å²) >= 11 is 5.12. The Kier molecular flexibility index (Phi) is 3.90. The van der Waals surface area contributed by atoms with Gasteiger partial charge in [0.2, 0.25) is 0 Å². The summed E-state index contributed by atoms with van der Waals surface area (Å²) in [6.45, 7) is 2.99. The van der Waals surface area contributed by atoms with Crippen LogP contribution in [0.3, 0.4) is 0 Å². The second-order valence-corrected chi connectivity index (χ2v) is 4.69. The number of aromatic nitrogens is 2. The van der Waals surface area contributed by atoms with Crippen LogP contribution in [0.5, 0.6) is 0 Å². The molecule has 1 aliphatic heterocycles. The third-order valence-electron chi connectivity index (χ3n) is 3.12. The molecule has 1 fully saturated rings. The van der Waals surface area contributed by atoms with Gasteiger partial charge in [0.15, 0.2) is 0 Å². The number of thiocarbonyl (C=S) groups is 1. The number of nitrogens with two attached hydrogens (primary N) is 1. The Morgan fingerprint density at radius 1 is 1.44 bits per heavy atom. The molecule has 1 atom stereocenters. The van der Waals surface area contributed by atoms with Gasteiger partial charge >= 0.3 is 0 Å². The molecule has 88 valence electrons. The fourth-order valence-corrected chi connectivity index (χ4v) is 2.51. The normalized spacial score (nSPS) is 22.1. The third kappa shape index (κ3) is 2.80. The number of piperidine rings is 1. The molecule has 4 nitrogen and oxygen atoms in total. The second-order valence-electron chi connectivity index (χ2n) is 4.22. The van der Waals surface area contributed by atoms with Crippen molar-refractivity contribution in [3.05, 3.63) is 18.5 Å². The van der Waals surface area contributed by atoms with Crippen LogP contribution >= 0.6 is 12.2 Å². The smallest absolute Gasteiger partial charge is 0.0902 e. The number of hydrogen-bond donors (Lipinski definition) is 1. The first kappa shape index (κ1) is 11.5. The first-order valence-electron chi connectivity index (χ1n) is 5.78. The summed E-state index contributed by atoms with van der Waals surface area (Å²) in [6.07, 6.45) is 7.38. The Labute approximate surface area is 101 Å². The third-order valence-corrected chi connectivity index (χ3v) is 3.39. The summed E-state index contributed by atoms with van der Waals surface area (Å²) in [5, 5.41) is 4.20. The molecule has 1 aromatic rings. The molecule has 1 aliphatic rings. The van der Waals surface area contributed by atoms with Gasteiger partial charge in [0.1, 0.15) is 0 Å². The van der Waals surface area contributed by atoms with Crippen molar-refractivity contribution in [2.45, 2.75) is 31.8 Å². The monoisotopic (exact) mass is 238 g/mol. The molecule has 1 aromatic heterocycles. The van der Waals surface area contributed by atoms with E-state index in [1.807, 2.05) is 16.9 Å². The Bertz CT molecular complexity index is 336. The minimum absolute atomic E-state index is 0.291. The van der Waals surface area contributed by atoms with E-state index in [1.54, 1.807) is 6.20 Å². The molecular weight excluding hydrogens is 220 g/mol. The van der Waals surface area contributed by atoms with Crippen molar-refractivity contribution < 1.29 is 0 Å². The highest BCUT2D eigenvalue weighted by Crippen LogP contribution is 2.16. The fourth-order valence-electron chi connectivity index (χ4n) is 2.24. The maximum absolute atomic E-state index is 5.77. The molecule has 0 bridgehead atoms. The van der Waals surface area contributed by atoms with Crippen LogP contribution in [0.4, 0.5) is 0 Å². The molecule has 2 heterocycles. The molecule has 0 amide bonds. The van der Waals surface area contributed by atoms with Crippen molar-refractivity contribution in [2.24, 2.45) is 5.73 Å². The lowest BCUT2D eigenvalue weighted by molar-refractivity contribution is 0.184. The molecule has 2 N–H and O–H groups in total. The molecule has 0 spiro atoms. The van der Waals surface area contributed by atoms with Crippen molar-refractivity contribution in [3.63, 3.8) is 0 Å². The van der Waals surface area contributed by atoms with E-state index >= 15 is 0 Å². The van der Waals surface area contributed by atoms with Gasteiger partial charge in [0.25, 0.3) is 0 Å². The molecule has 2 rings (SSSR count). The summed E-state index contributed by atoms with van der Waals surface area (Å²) < 4.78 is 1.95. The average molecular weight is 238 g/mol. The van der Waals surface area contributed by atoms with Crippen LogP contribution < -0.4 is 5.73 Å². The van der Waals surface area contributed by atoms with Crippen LogP contribution in [0, 0.1) is 0 Å². The van der Waals surface area contributed by atoms with Crippen LogP contribution in [-0.4, -0.2) is 38.8 Å². The summed E-state index contributed by atoms with van der Waals surface area (Å²) in [5.74, 6) is 0. The SMILES string of the molecule is NC(=S)C1CCCCN1CCn1cccn1. The van der Waals surface area contributed by atoms with Gasteiger partial charge in [-0.2, -0.15) is 5.10 Å². The number of likely N-dealkylation sites (tertiary alicyclic amines) is 1. The van der Waals surface area contributed by atoms with Crippen LogP contribution in [0.1, 0.15) is 19.3 Å². The van der Waals surface area contributed by atoms with Crippen LogP contribution in [0.25, 0.3) is 0 Å². The molecule has 0 saturated carbocycles. The van der Waals surface area contributed by atoms with Crippen LogP contribution in [0.2, 0.25) is 0 Å². The highest BCUT2D eigenvalue weighted by Gasteiger charge is 2.23. The maximum atomic E-state index is 5.77. The van der Waals surface area contributed by atoms with E-state index in [0.717, 1.165) is 26.1 Å². The Balaban J connectivity index is 1.89. The van der Waals surface area contributed by atoms with Gasteiger partial charge in [-0.25, -0.2) is 0 Å². The second kappa shape index (κ2) is 5.41. The van der Waals surface area contributed by atoms with Crippen LogP contribution in [-0.2, 0) is 6.54 Å². The van der Waals surface area contributed by atoms with E-state index < -0.39 is 0 Å². The maximum Gasteiger partial charge on any atom is 0.0902 e. The largest absolute Gasteiger partial charge is 0.392 e. The molecule has 0 aliphatic carbocycles. The lowest BCUT2D eigenvalue weighted by Crippen LogP contribution is -2.47. The van der Waals surface area contributed by atoms with Crippen LogP contribution in [0.15, 0.2) is 18.5 Å². The highest BCUT2D eigenvalue weighted by atomic mass is 32.1. The summed E-state index contributed by atoms with van der Waals surface area (Å²) in [4.78, 5) is 3.02. The van der Waals surface area contributed by atoms with Crippen molar-refractivity contribution in [1.29, 1.82) is 0 Å². The van der Waals surface area contributed by atoms with E-state index in [1.165, 1.54) is 12.8 Å². The van der Waals surface area contributed by atoms with Gasteiger partial charge in [-0.05, 0) is 25.5 Å². The summed E-state index contributed by atoms with van der Waals surface area (Å²) in [6, 6.07) is 2.24. The standard InChI is InChI=1S/C11H18N4S/c12-11(16)10-4-1-2-6-14(10)8-9-15-7-3-5-13-15/h3,5,7,10H,1-2,4,6,8-9H2,(H2,12,16).